The van der Waals surface area contributed by atoms with Crippen LogP contribution in [0.1, 0.15) is 5.56 Å². The number of nitrogens with one attached hydrogen (secondary N) is 1. The van der Waals surface area contributed by atoms with Crippen LogP contribution in [0.4, 0.5) is 15.8 Å². The van der Waals surface area contributed by atoms with E-state index in [4.69, 9.17) is 10.5 Å². The minimum absolute atomic E-state index is 0.109. The fraction of sp³-hybridized carbons (Fsp3) is 0.143. The Morgan fingerprint density at radius 1 is 1.19 bits per heavy atom. The number of hydrogen-bond acceptors (Lipinski definition) is 4. The van der Waals surface area contributed by atoms with Gasteiger partial charge in [0.15, 0.2) is 0 Å². The molecular formula is C14H15FN2O3S. The van der Waals surface area contributed by atoms with Gasteiger partial charge in [-0.2, -0.15) is 0 Å². The van der Waals surface area contributed by atoms with Gasteiger partial charge in [-0.1, -0.05) is 6.07 Å². The van der Waals surface area contributed by atoms with Crippen LogP contribution in [-0.4, -0.2) is 15.5 Å². The summed E-state index contributed by atoms with van der Waals surface area (Å²) < 4.78 is 45.4. The van der Waals surface area contributed by atoms with Crippen LogP contribution in [0.25, 0.3) is 0 Å². The highest BCUT2D eigenvalue weighted by Crippen LogP contribution is 2.28. The van der Waals surface area contributed by atoms with Crippen molar-refractivity contribution in [2.75, 3.05) is 17.6 Å². The molecule has 21 heavy (non-hydrogen) atoms. The average molecular weight is 310 g/mol. The minimum atomic E-state index is -3.93. The van der Waals surface area contributed by atoms with E-state index >= 15 is 0 Å². The lowest BCUT2D eigenvalue weighted by Gasteiger charge is -2.13. The molecule has 0 amide bonds. The number of nitrogens with two attached hydrogens (primary N) is 1. The third-order valence-corrected chi connectivity index (χ3v) is 4.24. The fourth-order valence-corrected chi connectivity index (χ4v) is 2.85. The lowest BCUT2D eigenvalue weighted by Crippen LogP contribution is -2.14. The molecule has 0 saturated heterocycles. The Morgan fingerprint density at radius 3 is 2.52 bits per heavy atom. The van der Waals surface area contributed by atoms with Crippen LogP contribution in [0.5, 0.6) is 5.75 Å². The quantitative estimate of drug-likeness (QED) is 0.850. The van der Waals surface area contributed by atoms with Crippen molar-refractivity contribution in [2.45, 2.75) is 11.8 Å². The molecule has 0 bridgehead atoms. The van der Waals surface area contributed by atoms with Gasteiger partial charge in [-0.25, -0.2) is 12.8 Å². The summed E-state index contributed by atoms with van der Waals surface area (Å²) in [6, 6.07) is 8.39. The van der Waals surface area contributed by atoms with Crippen LogP contribution in [-0.2, 0) is 10.0 Å². The summed E-state index contributed by atoms with van der Waals surface area (Å²) in [5.74, 6) is -0.408. The lowest BCUT2D eigenvalue weighted by atomic mass is 10.2. The molecule has 2 aromatic rings. The SMILES string of the molecule is COc1ccc(C)cc1NS(=O)(=O)c1ccc(N)c(F)c1. The van der Waals surface area contributed by atoms with Gasteiger partial charge in [0, 0.05) is 0 Å². The van der Waals surface area contributed by atoms with E-state index in [0.29, 0.717) is 5.75 Å². The molecular weight excluding hydrogens is 295 g/mol. The molecule has 2 rings (SSSR count). The Morgan fingerprint density at radius 2 is 1.90 bits per heavy atom. The van der Waals surface area contributed by atoms with Gasteiger partial charge >= 0.3 is 0 Å². The monoisotopic (exact) mass is 310 g/mol. The maximum Gasteiger partial charge on any atom is 0.262 e. The first-order chi connectivity index (χ1) is 9.83. The summed E-state index contributed by atoms with van der Waals surface area (Å²) in [6.45, 7) is 1.82. The van der Waals surface area contributed by atoms with Crippen LogP contribution >= 0.6 is 0 Å². The summed E-state index contributed by atoms with van der Waals surface area (Å²) >= 11 is 0. The Labute approximate surface area is 122 Å². The lowest BCUT2D eigenvalue weighted by molar-refractivity contribution is 0.417. The number of rotatable bonds is 4. The standard InChI is InChI=1S/C14H15FN2O3S/c1-9-3-6-14(20-2)13(7-9)17-21(18,19)10-4-5-12(16)11(15)8-10/h3-8,17H,16H2,1-2H3. The molecule has 112 valence electrons. The largest absolute Gasteiger partial charge is 0.495 e. The van der Waals surface area contributed by atoms with Crippen molar-refractivity contribution in [1.29, 1.82) is 0 Å². The second-order valence-corrected chi connectivity index (χ2v) is 6.17. The van der Waals surface area contributed by atoms with E-state index in [1.807, 2.05) is 6.92 Å². The first-order valence-corrected chi connectivity index (χ1v) is 7.54. The number of hydrogen-bond donors (Lipinski definition) is 2. The van der Waals surface area contributed by atoms with Crippen molar-refractivity contribution < 1.29 is 17.5 Å². The molecule has 0 aliphatic carbocycles. The number of nitrogen functional groups attached to an aromatic ring is 1. The topological polar surface area (TPSA) is 81.4 Å². The van der Waals surface area contributed by atoms with Gasteiger partial charge in [-0.3, -0.25) is 4.72 Å². The Hall–Kier alpha value is -2.28. The molecule has 0 aromatic heterocycles. The first kappa shape index (κ1) is 15.1. The summed E-state index contributed by atoms with van der Waals surface area (Å²) in [5.41, 5.74) is 6.38. The molecule has 0 unspecified atom stereocenters. The highest BCUT2D eigenvalue weighted by atomic mass is 32.2. The van der Waals surface area contributed by atoms with E-state index in [-0.39, 0.29) is 16.3 Å². The zero-order valence-corrected chi connectivity index (χ0v) is 12.4. The number of anilines is 2. The zero-order chi connectivity index (χ0) is 15.6. The Kier molecular flexibility index (Phi) is 4.04. The smallest absolute Gasteiger partial charge is 0.262 e. The number of ether oxygens (including phenoxy) is 1. The molecule has 5 nitrogen and oxygen atoms in total. The van der Waals surface area contributed by atoms with Gasteiger partial charge in [-0.05, 0) is 42.8 Å². The molecule has 2 aromatic carbocycles. The number of methoxy groups -OCH3 is 1. The van der Waals surface area contributed by atoms with Gasteiger partial charge in [0.25, 0.3) is 10.0 Å². The van der Waals surface area contributed by atoms with Crippen molar-refractivity contribution in [3.05, 3.63) is 47.8 Å². The second-order valence-electron chi connectivity index (χ2n) is 4.49. The van der Waals surface area contributed by atoms with Crippen LogP contribution < -0.4 is 15.2 Å². The molecule has 7 heteroatoms. The van der Waals surface area contributed by atoms with Crippen LogP contribution in [0.15, 0.2) is 41.3 Å². The predicted molar refractivity (Wildman–Crippen MR) is 79.4 cm³/mol. The van der Waals surface area contributed by atoms with E-state index < -0.39 is 15.8 Å². The number of sulfonamides is 1. The van der Waals surface area contributed by atoms with Crippen molar-refractivity contribution in [3.63, 3.8) is 0 Å². The van der Waals surface area contributed by atoms with Crippen molar-refractivity contribution in [3.8, 4) is 5.75 Å². The zero-order valence-electron chi connectivity index (χ0n) is 11.6. The van der Waals surface area contributed by atoms with E-state index in [1.54, 1.807) is 18.2 Å². The number of halogens is 1. The predicted octanol–water partition coefficient (Wildman–Crippen LogP) is 2.53. The van der Waals surface area contributed by atoms with Gasteiger partial charge in [0.1, 0.15) is 11.6 Å². The van der Waals surface area contributed by atoms with Crippen LogP contribution in [0.2, 0.25) is 0 Å². The summed E-state index contributed by atoms with van der Waals surface area (Å²) in [4.78, 5) is -0.210. The summed E-state index contributed by atoms with van der Waals surface area (Å²) in [7, 11) is -2.49. The maximum absolute atomic E-state index is 13.4. The fourth-order valence-electron chi connectivity index (χ4n) is 1.78. The highest BCUT2D eigenvalue weighted by molar-refractivity contribution is 7.92. The molecule has 0 heterocycles. The second kappa shape index (κ2) is 5.61. The normalized spacial score (nSPS) is 11.2. The van der Waals surface area contributed by atoms with Gasteiger partial charge in [0.05, 0.1) is 23.4 Å². The van der Waals surface area contributed by atoms with E-state index in [9.17, 15) is 12.8 Å². The number of aryl methyl sites for hydroxylation is 1. The molecule has 0 saturated carbocycles. The molecule has 0 spiro atoms. The van der Waals surface area contributed by atoms with Crippen molar-refractivity contribution >= 4 is 21.4 Å². The molecule has 0 radical (unpaired) electrons. The third kappa shape index (κ3) is 3.25. The summed E-state index contributed by atoms with van der Waals surface area (Å²) in [6.07, 6.45) is 0. The van der Waals surface area contributed by atoms with E-state index in [0.717, 1.165) is 11.6 Å². The molecule has 0 aliphatic heterocycles. The van der Waals surface area contributed by atoms with Crippen LogP contribution in [0, 0.1) is 12.7 Å². The molecule has 3 N–H and O–H groups in total. The third-order valence-electron chi connectivity index (χ3n) is 2.88. The van der Waals surface area contributed by atoms with Gasteiger partial charge < -0.3 is 10.5 Å². The van der Waals surface area contributed by atoms with E-state index in [1.165, 1.54) is 19.2 Å². The average Bonchev–Trinajstić information content (AvgIpc) is 2.41. The molecule has 0 fully saturated rings. The Bertz CT molecular complexity index is 776. The number of benzene rings is 2. The molecule has 0 aliphatic rings. The first-order valence-electron chi connectivity index (χ1n) is 6.06. The van der Waals surface area contributed by atoms with Gasteiger partial charge in [0.2, 0.25) is 0 Å². The summed E-state index contributed by atoms with van der Waals surface area (Å²) in [5, 5.41) is 0. The van der Waals surface area contributed by atoms with Crippen molar-refractivity contribution in [1.82, 2.24) is 0 Å². The minimum Gasteiger partial charge on any atom is -0.495 e. The van der Waals surface area contributed by atoms with E-state index in [2.05, 4.69) is 4.72 Å². The highest BCUT2D eigenvalue weighted by Gasteiger charge is 2.18. The van der Waals surface area contributed by atoms with Crippen molar-refractivity contribution in [2.24, 2.45) is 0 Å². The Balaban J connectivity index is 2.41. The molecule has 0 atom stereocenters. The van der Waals surface area contributed by atoms with Crippen LogP contribution in [0.3, 0.4) is 0 Å². The maximum atomic E-state index is 13.4. The van der Waals surface area contributed by atoms with Gasteiger partial charge in [-0.15, -0.1) is 0 Å².